The standard InChI is InChI=1S/C11H16N2O2/c1-2-9-5-11(12-15-9)14-10-7-13-4-3-8(10)6-13/h5,8,10H,2-4,6-7H2,1H3/t8-,10+/m0/s1. The number of piperidine rings is 1. The van der Waals surface area contributed by atoms with Crippen LogP contribution in [0.3, 0.4) is 0 Å². The Bertz CT molecular complexity index is 350. The summed E-state index contributed by atoms with van der Waals surface area (Å²) in [6.07, 6.45) is 2.47. The van der Waals surface area contributed by atoms with E-state index in [2.05, 4.69) is 10.1 Å². The summed E-state index contributed by atoms with van der Waals surface area (Å²) in [5, 5.41) is 3.92. The van der Waals surface area contributed by atoms with Crippen molar-refractivity contribution in [3.05, 3.63) is 11.8 Å². The fourth-order valence-corrected chi connectivity index (χ4v) is 2.54. The minimum atomic E-state index is 0.327. The molecule has 1 aromatic rings. The van der Waals surface area contributed by atoms with E-state index in [0.717, 1.165) is 18.7 Å². The molecule has 0 aliphatic carbocycles. The Kier molecular flexibility index (Phi) is 2.16. The molecule has 4 nitrogen and oxygen atoms in total. The maximum atomic E-state index is 5.85. The number of aryl methyl sites for hydroxylation is 1. The summed E-state index contributed by atoms with van der Waals surface area (Å²) in [7, 11) is 0. The molecule has 1 aromatic heterocycles. The van der Waals surface area contributed by atoms with Crippen LogP contribution >= 0.6 is 0 Å². The maximum Gasteiger partial charge on any atom is 0.254 e. The smallest absolute Gasteiger partial charge is 0.254 e. The van der Waals surface area contributed by atoms with Crippen LogP contribution in [0.15, 0.2) is 10.6 Å². The van der Waals surface area contributed by atoms with Crippen LogP contribution in [0.4, 0.5) is 0 Å². The molecule has 0 radical (unpaired) electrons. The number of aromatic nitrogens is 1. The van der Waals surface area contributed by atoms with Gasteiger partial charge in [-0.1, -0.05) is 6.92 Å². The van der Waals surface area contributed by atoms with Gasteiger partial charge in [-0.25, -0.2) is 0 Å². The lowest BCUT2D eigenvalue weighted by Gasteiger charge is -2.21. The Morgan fingerprint density at radius 2 is 2.53 bits per heavy atom. The van der Waals surface area contributed by atoms with Crippen molar-refractivity contribution in [3.63, 3.8) is 0 Å². The van der Waals surface area contributed by atoms with E-state index in [1.807, 2.05) is 13.0 Å². The predicted octanol–water partition coefficient (Wildman–Crippen LogP) is 1.32. The fourth-order valence-electron chi connectivity index (χ4n) is 2.54. The minimum absolute atomic E-state index is 0.327. The SMILES string of the molecule is CCc1cc(O[C@@H]2CN3CC[C@H]2C3)no1. The molecule has 0 saturated carbocycles. The van der Waals surface area contributed by atoms with Crippen LogP contribution in [-0.4, -0.2) is 35.8 Å². The summed E-state index contributed by atoms with van der Waals surface area (Å²) in [4.78, 5) is 2.45. The van der Waals surface area contributed by atoms with Crippen LogP contribution in [0.2, 0.25) is 0 Å². The quantitative estimate of drug-likeness (QED) is 0.751. The highest BCUT2D eigenvalue weighted by Crippen LogP contribution is 2.30. The van der Waals surface area contributed by atoms with Gasteiger partial charge in [0, 0.05) is 31.5 Å². The number of ether oxygens (including phenoxy) is 1. The molecule has 0 amide bonds. The van der Waals surface area contributed by atoms with E-state index >= 15 is 0 Å². The Balaban J connectivity index is 1.65. The molecule has 3 rings (SSSR count). The second-order valence-corrected chi connectivity index (χ2v) is 4.45. The van der Waals surface area contributed by atoms with Gasteiger partial charge in [0.15, 0.2) is 0 Å². The zero-order valence-electron chi connectivity index (χ0n) is 8.98. The molecule has 0 N–H and O–H groups in total. The lowest BCUT2D eigenvalue weighted by atomic mass is 10.0. The summed E-state index contributed by atoms with van der Waals surface area (Å²) < 4.78 is 11.0. The molecule has 2 aliphatic heterocycles. The summed E-state index contributed by atoms with van der Waals surface area (Å²) in [6, 6.07) is 1.90. The number of nitrogens with zero attached hydrogens (tertiary/aromatic N) is 2. The van der Waals surface area contributed by atoms with Crippen LogP contribution < -0.4 is 4.74 Å². The first-order valence-corrected chi connectivity index (χ1v) is 5.69. The van der Waals surface area contributed by atoms with Crippen molar-refractivity contribution < 1.29 is 9.26 Å². The molecule has 2 bridgehead atoms. The van der Waals surface area contributed by atoms with Crippen molar-refractivity contribution in [2.75, 3.05) is 19.6 Å². The summed E-state index contributed by atoms with van der Waals surface area (Å²) in [5.74, 6) is 2.26. The van der Waals surface area contributed by atoms with Gasteiger partial charge in [0.1, 0.15) is 11.9 Å². The Labute approximate surface area is 89.2 Å². The van der Waals surface area contributed by atoms with Gasteiger partial charge in [0.2, 0.25) is 0 Å². The normalized spacial score (nSPS) is 33.5. The zero-order chi connectivity index (χ0) is 10.3. The van der Waals surface area contributed by atoms with Crippen molar-refractivity contribution in [1.29, 1.82) is 0 Å². The Hall–Kier alpha value is -1.03. The first-order chi connectivity index (χ1) is 7.35. The van der Waals surface area contributed by atoms with Crippen LogP contribution in [0.5, 0.6) is 5.88 Å². The Morgan fingerprint density at radius 3 is 3.13 bits per heavy atom. The van der Waals surface area contributed by atoms with E-state index in [-0.39, 0.29) is 0 Å². The largest absolute Gasteiger partial charge is 0.470 e. The Morgan fingerprint density at radius 1 is 1.60 bits per heavy atom. The fraction of sp³-hybridized carbons (Fsp3) is 0.727. The van der Waals surface area contributed by atoms with Gasteiger partial charge in [-0.15, -0.1) is 0 Å². The predicted molar refractivity (Wildman–Crippen MR) is 54.8 cm³/mol. The van der Waals surface area contributed by atoms with Gasteiger partial charge in [-0.05, 0) is 18.1 Å². The third kappa shape index (κ3) is 1.63. The van der Waals surface area contributed by atoms with E-state index in [4.69, 9.17) is 9.26 Å². The van der Waals surface area contributed by atoms with E-state index in [0.29, 0.717) is 17.9 Å². The first-order valence-electron chi connectivity index (χ1n) is 5.69. The highest BCUT2D eigenvalue weighted by atomic mass is 16.5. The molecular formula is C11H16N2O2. The van der Waals surface area contributed by atoms with Gasteiger partial charge >= 0.3 is 0 Å². The van der Waals surface area contributed by atoms with Crippen molar-refractivity contribution in [2.24, 2.45) is 5.92 Å². The highest BCUT2D eigenvalue weighted by molar-refractivity contribution is 5.12. The van der Waals surface area contributed by atoms with E-state index < -0.39 is 0 Å². The first kappa shape index (κ1) is 9.21. The van der Waals surface area contributed by atoms with Crippen molar-refractivity contribution in [3.8, 4) is 5.88 Å². The molecule has 2 aliphatic rings. The van der Waals surface area contributed by atoms with E-state index in [1.165, 1.54) is 19.5 Å². The molecule has 82 valence electrons. The molecule has 15 heavy (non-hydrogen) atoms. The molecule has 0 spiro atoms. The monoisotopic (exact) mass is 208 g/mol. The summed E-state index contributed by atoms with van der Waals surface area (Å²) in [5.41, 5.74) is 0. The topological polar surface area (TPSA) is 38.5 Å². The summed E-state index contributed by atoms with van der Waals surface area (Å²) >= 11 is 0. The average Bonchev–Trinajstić information content (AvgIpc) is 2.92. The third-order valence-electron chi connectivity index (χ3n) is 3.43. The minimum Gasteiger partial charge on any atom is -0.470 e. The van der Waals surface area contributed by atoms with Crippen LogP contribution in [-0.2, 0) is 6.42 Å². The van der Waals surface area contributed by atoms with Crippen molar-refractivity contribution >= 4 is 0 Å². The molecule has 1 unspecified atom stereocenters. The number of hydrogen-bond acceptors (Lipinski definition) is 4. The van der Waals surface area contributed by atoms with Crippen LogP contribution in [0.1, 0.15) is 19.1 Å². The number of hydrogen-bond donors (Lipinski definition) is 0. The molecule has 4 heteroatoms. The van der Waals surface area contributed by atoms with Crippen molar-refractivity contribution in [2.45, 2.75) is 25.9 Å². The van der Waals surface area contributed by atoms with Gasteiger partial charge < -0.3 is 9.26 Å². The van der Waals surface area contributed by atoms with Crippen LogP contribution in [0, 0.1) is 5.92 Å². The van der Waals surface area contributed by atoms with Gasteiger partial charge in [0.25, 0.3) is 5.88 Å². The zero-order valence-corrected chi connectivity index (χ0v) is 8.98. The second kappa shape index (κ2) is 3.52. The molecule has 3 heterocycles. The third-order valence-corrected chi connectivity index (χ3v) is 3.43. The lowest BCUT2D eigenvalue weighted by Crippen LogP contribution is -2.32. The van der Waals surface area contributed by atoms with Gasteiger partial charge in [-0.2, -0.15) is 0 Å². The maximum absolute atomic E-state index is 5.85. The number of rotatable bonds is 3. The molecule has 0 aromatic carbocycles. The number of fused-ring (bicyclic) bond motifs is 2. The van der Waals surface area contributed by atoms with Crippen molar-refractivity contribution in [1.82, 2.24) is 10.1 Å². The second-order valence-electron chi connectivity index (χ2n) is 4.45. The summed E-state index contributed by atoms with van der Waals surface area (Å²) in [6.45, 7) is 5.54. The lowest BCUT2D eigenvalue weighted by molar-refractivity contribution is 0.130. The molecule has 2 saturated heterocycles. The van der Waals surface area contributed by atoms with Gasteiger partial charge in [0.05, 0.1) is 0 Å². The highest BCUT2D eigenvalue weighted by Gasteiger charge is 2.39. The van der Waals surface area contributed by atoms with E-state index in [9.17, 15) is 0 Å². The molecular weight excluding hydrogens is 192 g/mol. The molecule has 3 atom stereocenters. The molecule has 2 fully saturated rings. The van der Waals surface area contributed by atoms with Crippen LogP contribution in [0.25, 0.3) is 0 Å². The van der Waals surface area contributed by atoms with Gasteiger partial charge in [-0.3, -0.25) is 4.90 Å². The average molecular weight is 208 g/mol. The van der Waals surface area contributed by atoms with E-state index in [1.54, 1.807) is 0 Å².